The van der Waals surface area contributed by atoms with Gasteiger partial charge in [-0.25, -0.2) is 4.79 Å². The summed E-state index contributed by atoms with van der Waals surface area (Å²) >= 11 is 0. The molecular formula is C14H17N3O. The lowest BCUT2D eigenvalue weighted by Crippen LogP contribution is -2.32. The van der Waals surface area contributed by atoms with Gasteiger partial charge in [0.25, 0.3) is 0 Å². The van der Waals surface area contributed by atoms with Gasteiger partial charge in [0.15, 0.2) is 0 Å². The smallest absolute Gasteiger partial charge is 0.321 e. The second kappa shape index (κ2) is 4.14. The van der Waals surface area contributed by atoms with Crippen LogP contribution in [0.1, 0.15) is 31.2 Å². The Morgan fingerprint density at radius 3 is 2.67 bits per heavy atom. The molecule has 1 aromatic heterocycles. The zero-order chi connectivity index (χ0) is 12.6. The van der Waals surface area contributed by atoms with Gasteiger partial charge in [-0.2, -0.15) is 0 Å². The van der Waals surface area contributed by atoms with Crippen LogP contribution in [0, 0.1) is 0 Å². The van der Waals surface area contributed by atoms with E-state index in [2.05, 4.69) is 22.1 Å². The largest absolute Gasteiger partial charge is 0.323 e. The number of imidazole rings is 1. The number of nitrogens with one attached hydrogen (secondary N) is 2. The van der Waals surface area contributed by atoms with Crippen molar-refractivity contribution in [3.63, 3.8) is 0 Å². The third kappa shape index (κ3) is 1.88. The van der Waals surface area contributed by atoms with E-state index in [0.717, 1.165) is 24.1 Å². The molecular weight excluding hydrogens is 226 g/mol. The van der Waals surface area contributed by atoms with Crippen LogP contribution < -0.4 is 11.4 Å². The molecule has 4 N–H and O–H groups in total. The van der Waals surface area contributed by atoms with E-state index in [0.29, 0.717) is 0 Å². The molecule has 0 spiro atoms. The van der Waals surface area contributed by atoms with Crippen LogP contribution in [0.2, 0.25) is 0 Å². The molecule has 1 heterocycles. The number of hydrogen-bond acceptors (Lipinski definition) is 2. The van der Waals surface area contributed by atoms with Crippen LogP contribution in [-0.2, 0) is 5.54 Å². The van der Waals surface area contributed by atoms with E-state index in [1.807, 2.05) is 12.1 Å². The van der Waals surface area contributed by atoms with Crippen LogP contribution in [0.3, 0.4) is 0 Å². The molecule has 1 aliphatic carbocycles. The van der Waals surface area contributed by atoms with Crippen LogP contribution in [0.15, 0.2) is 35.3 Å². The van der Waals surface area contributed by atoms with Crippen molar-refractivity contribution >= 4 is 0 Å². The maximum Gasteiger partial charge on any atom is 0.323 e. The average Bonchev–Trinajstić information content (AvgIpc) is 2.99. The number of aromatic amines is 2. The number of hydrogen-bond donors (Lipinski definition) is 3. The van der Waals surface area contributed by atoms with E-state index in [-0.39, 0.29) is 11.2 Å². The van der Waals surface area contributed by atoms with Crippen molar-refractivity contribution in [3.05, 3.63) is 46.5 Å². The minimum absolute atomic E-state index is 0.182. The second-order valence-electron chi connectivity index (χ2n) is 5.10. The summed E-state index contributed by atoms with van der Waals surface area (Å²) in [6.45, 7) is 0. The van der Waals surface area contributed by atoms with Gasteiger partial charge in [-0.05, 0) is 30.0 Å². The van der Waals surface area contributed by atoms with E-state index < -0.39 is 0 Å². The maximum atomic E-state index is 11.1. The quantitative estimate of drug-likeness (QED) is 0.755. The van der Waals surface area contributed by atoms with E-state index >= 15 is 0 Å². The highest BCUT2D eigenvalue weighted by atomic mass is 16.1. The van der Waals surface area contributed by atoms with Gasteiger partial charge in [-0.3, -0.25) is 0 Å². The Morgan fingerprint density at radius 1 is 1.22 bits per heavy atom. The van der Waals surface area contributed by atoms with Crippen molar-refractivity contribution in [2.24, 2.45) is 5.73 Å². The molecule has 3 rings (SSSR count). The fraction of sp³-hybridized carbons (Fsp3) is 0.357. The lowest BCUT2D eigenvalue weighted by molar-refractivity contribution is 0.462. The van der Waals surface area contributed by atoms with Gasteiger partial charge in [-0.15, -0.1) is 0 Å². The SMILES string of the molecule is NC1(c2cccc(-c3c[nH]c(=O)[nH]3)c2)CCCC1. The molecule has 0 aliphatic heterocycles. The molecule has 1 saturated carbocycles. The Balaban J connectivity index is 2.01. The van der Waals surface area contributed by atoms with E-state index in [1.54, 1.807) is 6.20 Å². The Morgan fingerprint density at radius 2 is 2.00 bits per heavy atom. The summed E-state index contributed by atoms with van der Waals surface area (Å²) in [7, 11) is 0. The van der Waals surface area contributed by atoms with Gasteiger partial charge in [0.1, 0.15) is 0 Å². The normalized spacial score (nSPS) is 18.1. The van der Waals surface area contributed by atoms with Gasteiger partial charge in [0.2, 0.25) is 0 Å². The number of aromatic nitrogens is 2. The highest BCUT2D eigenvalue weighted by molar-refractivity contribution is 5.59. The highest BCUT2D eigenvalue weighted by Crippen LogP contribution is 2.37. The Bertz CT molecular complexity index is 605. The predicted octanol–water partition coefficient (Wildman–Crippen LogP) is 2.10. The molecule has 1 fully saturated rings. The van der Waals surface area contributed by atoms with Crippen LogP contribution in [-0.4, -0.2) is 9.97 Å². The van der Waals surface area contributed by atoms with Crippen LogP contribution >= 0.6 is 0 Å². The maximum absolute atomic E-state index is 11.1. The fourth-order valence-corrected chi connectivity index (χ4v) is 2.78. The molecule has 4 nitrogen and oxygen atoms in total. The summed E-state index contributed by atoms with van der Waals surface area (Å²) < 4.78 is 0. The van der Waals surface area contributed by atoms with Crippen molar-refractivity contribution in [1.29, 1.82) is 0 Å². The third-order valence-corrected chi connectivity index (χ3v) is 3.84. The third-order valence-electron chi connectivity index (χ3n) is 3.84. The van der Waals surface area contributed by atoms with Gasteiger partial charge in [0.05, 0.1) is 5.69 Å². The first-order valence-corrected chi connectivity index (χ1v) is 6.35. The molecule has 94 valence electrons. The van der Waals surface area contributed by atoms with Crippen molar-refractivity contribution in [2.45, 2.75) is 31.2 Å². The van der Waals surface area contributed by atoms with E-state index in [1.165, 1.54) is 18.4 Å². The van der Waals surface area contributed by atoms with Gasteiger partial charge < -0.3 is 15.7 Å². The monoisotopic (exact) mass is 243 g/mol. The summed E-state index contributed by atoms with van der Waals surface area (Å²) in [6, 6.07) is 8.16. The summed E-state index contributed by atoms with van der Waals surface area (Å²) in [5.41, 5.74) is 9.06. The topological polar surface area (TPSA) is 74.7 Å². The highest BCUT2D eigenvalue weighted by Gasteiger charge is 2.31. The first kappa shape index (κ1) is 11.3. The standard InChI is InChI=1S/C14H17N3O/c15-14(6-1-2-7-14)11-5-3-4-10(8-11)12-9-16-13(18)17-12/h3-5,8-9H,1-2,6-7,15H2,(H2,16,17,18). The Kier molecular flexibility index (Phi) is 2.59. The van der Waals surface area contributed by atoms with Crippen molar-refractivity contribution in [3.8, 4) is 11.3 Å². The number of rotatable bonds is 2. The van der Waals surface area contributed by atoms with Gasteiger partial charge in [0, 0.05) is 11.7 Å². The minimum atomic E-state index is -0.188. The summed E-state index contributed by atoms with van der Waals surface area (Å²) in [6.07, 6.45) is 6.17. The van der Waals surface area contributed by atoms with E-state index in [4.69, 9.17) is 5.73 Å². The molecule has 18 heavy (non-hydrogen) atoms. The van der Waals surface area contributed by atoms with Crippen LogP contribution in [0.4, 0.5) is 0 Å². The molecule has 0 unspecified atom stereocenters. The van der Waals surface area contributed by atoms with Crippen LogP contribution in [0.5, 0.6) is 0 Å². The summed E-state index contributed by atoms with van der Waals surface area (Å²) in [5.74, 6) is 0. The lowest BCUT2D eigenvalue weighted by atomic mass is 9.88. The van der Waals surface area contributed by atoms with Gasteiger partial charge >= 0.3 is 5.69 Å². The number of H-pyrrole nitrogens is 2. The minimum Gasteiger partial charge on any atom is -0.321 e. The number of benzene rings is 1. The molecule has 0 atom stereocenters. The molecule has 2 aromatic rings. The Labute approximate surface area is 105 Å². The second-order valence-corrected chi connectivity index (χ2v) is 5.10. The van der Waals surface area contributed by atoms with Gasteiger partial charge in [-0.1, -0.05) is 31.0 Å². The fourth-order valence-electron chi connectivity index (χ4n) is 2.78. The van der Waals surface area contributed by atoms with Crippen molar-refractivity contribution in [1.82, 2.24) is 9.97 Å². The molecule has 0 amide bonds. The first-order chi connectivity index (χ1) is 8.67. The molecule has 0 radical (unpaired) electrons. The van der Waals surface area contributed by atoms with E-state index in [9.17, 15) is 4.79 Å². The predicted molar refractivity (Wildman–Crippen MR) is 71.2 cm³/mol. The average molecular weight is 243 g/mol. The Hall–Kier alpha value is -1.81. The first-order valence-electron chi connectivity index (χ1n) is 6.35. The van der Waals surface area contributed by atoms with Crippen molar-refractivity contribution in [2.75, 3.05) is 0 Å². The summed E-state index contributed by atoms with van der Waals surface area (Å²) in [5, 5.41) is 0. The molecule has 4 heteroatoms. The zero-order valence-electron chi connectivity index (χ0n) is 10.2. The molecule has 0 saturated heterocycles. The van der Waals surface area contributed by atoms with Crippen molar-refractivity contribution < 1.29 is 0 Å². The molecule has 1 aliphatic rings. The molecule has 1 aromatic carbocycles. The summed E-state index contributed by atoms with van der Waals surface area (Å²) in [4.78, 5) is 16.5. The van der Waals surface area contributed by atoms with Crippen LogP contribution in [0.25, 0.3) is 11.3 Å². The number of nitrogens with two attached hydrogens (primary N) is 1. The lowest BCUT2D eigenvalue weighted by Gasteiger charge is -2.24. The zero-order valence-corrected chi connectivity index (χ0v) is 10.2. The molecule has 0 bridgehead atoms.